The minimum Gasteiger partial charge on any atom is -0.497 e. The predicted molar refractivity (Wildman–Crippen MR) is 121 cm³/mol. The lowest BCUT2D eigenvalue weighted by molar-refractivity contribution is 0.103. The summed E-state index contributed by atoms with van der Waals surface area (Å²) in [7, 11) is 3.18. The average Bonchev–Trinajstić information content (AvgIpc) is 2.81. The highest BCUT2D eigenvalue weighted by atomic mass is 16.5. The average molecular weight is 413 g/mol. The summed E-state index contributed by atoms with van der Waals surface area (Å²) in [6.45, 7) is 2.46. The number of aromatic nitrogens is 1. The van der Waals surface area contributed by atoms with E-state index in [4.69, 9.17) is 9.47 Å². The smallest absolute Gasteiger partial charge is 0.200 e. The molecule has 5 heteroatoms. The number of carbonyl (C=O) groups is 1. The molecule has 0 aliphatic carbocycles. The van der Waals surface area contributed by atoms with Crippen molar-refractivity contribution in [2.75, 3.05) is 14.2 Å². The van der Waals surface area contributed by atoms with Crippen molar-refractivity contribution in [2.24, 2.45) is 0 Å². The largest absolute Gasteiger partial charge is 0.497 e. The van der Waals surface area contributed by atoms with Gasteiger partial charge in [0.1, 0.15) is 11.5 Å². The number of benzene rings is 3. The van der Waals surface area contributed by atoms with Crippen LogP contribution in [0, 0.1) is 6.92 Å². The Hall–Kier alpha value is -3.86. The Bertz CT molecular complexity index is 1300. The molecule has 0 saturated heterocycles. The van der Waals surface area contributed by atoms with Crippen LogP contribution in [-0.2, 0) is 6.54 Å². The monoisotopic (exact) mass is 413 g/mol. The van der Waals surface area contributed by atoms with E-state index in [1.54, 1.807) is 38.6 Å². The van der Waals surface area contributed by atoms with Crippen molar-refractivity contribution in [3.63, 3.8) is 0 Å². The standard InChI is InChI=1S/C26H23NO4/c1-17-4-8-19(9-5-17)25(28)23-16-27(15-18-6-10-20(30-2)11-7-18)24-13-12-21(31-3)14-22(24)26(23)29/h4-14,16H,15H2,1-3H3. The maximum Gasteiger partial charge on any atom is 0.200 e. The lowest BCUT2D eigenvalue weighted by Crippen LogP contribution is -2.20. The molecule has 0 N–H and O–H groups in total. The van der Waals surface area contributed by atoms with Crippen LogP contribution >= 0.6 is 0 Å². The van der Waals surface area contributed by atoms with E-state index in [2.05, 4.69) is 0 Å². The Morgan fingerprint density at radius 3 is 2.16 bits per heavy atom. The molecule has 0 unspecified atom stereocenters. The van der Waals surface area contributed by atoms with Crippen LogP contribution in [0.1, 0.15) is 27.0 Å². The van der Waals surface area contributed by atoms with Gasteiger partial charge in [-0.2, -0.15) is 0 Å². The molecule has 0 aliphatic rings. The molecule has 0 radical (unpaired) electrons. The molecule has 3 aromatic carbocycles. The molecule has 1 aromatic heterocycles. The highest BCUT2D eigenvalue weighted by molar-refractivity contribution is 6.10. The highest BCUT2D eigenvalue weighted by Gasteiger charge is 2.18. The molecule has 0 amide bonds. The van der Waals surface area contributed by atoms with Crippen molar-refractivity contribution in [3.8, 4) is 11.5 Å². The Kier molecular flexibility index (Phi) is 5.58. The minimum absolute atomic E-state index is 0.137. The van der Waals surface area contributed by atoms with Crippen molar-refractivity contribution in [3.05, 3.63) is 105 Å². The van der Waals surface area contributed by atoms with Crippen molar-refractivity contribution < 1.29 is 14.3 Å². The summed E-state index contributed by atoms with van der Waals surface area (Å²) >= 11 is 0. The van der Waals surface area contributed by atoms with Crippen LogP contribution < -0.4 is 14.9 Å². The van der Waals surface area contributed by atoms with Gasteiger partial charge in [0, 0.05) is 18.3 Å². The van der Waals surface area contributed by atoms with Gasteiger partial charge < -0.3 is 14.0 Å². The number of hydrogen-bond donors (Lipinski definition) is 0. The number of methoxy groups -OCH3 is 2. The molecule has 0 spiro atoms. The third-order valence-electron chi connectivity index (χ3n) is 5.36. The van der Waals surface area contributed by atoms with Gasteiger partial charge in [0.25, 0.3) is 0 Å². The molecule has 0 aliphatic heterocycles. The predicted octanol–water partition coefficient (Wildman–Crippen LogP) is 4.61. The summed E-state index contributed by atoms with van der Waals surface area (Å²) < 4.78 is 12.5. The summed E-state index contributed by atoms with van der Waals surface area (Å²) in [5.74, 6) is 1.05. The number of ether oxygens (including phenoxy) is 2. The van der Waals surface area contributed by atoms with Gasteiger partial charge in [0.05, 0.1) is 30.7 Å². The molecule has 4 rings (SSSR count). The molecular formula is C26H23NO4. The molecule has 0 saturated carbocycles. The Morgan fingerprint density at radius 2 is 1.52 bits per heavy atom. The van der Waals surface area contributed by atoms with E-state index < -0.39 is 0 Å². The van der Waals surface area contributed by atoms with Gasteiger partial charge in [-0.05, 0) is 42.8 Å². The normalized spacial score (nSPS) is 10.8. The second-order valence-corrected chi connectivity index (χ2v) is 7.43. The lowest BCUT2D eigenvalue weighted by atomic mass is 10.0. The first kappa shape index (κ1) is 20.4. The SMILES string of the molecule is COc1ccc(Cn2cc(C(=O)c3ccc(C)cc3)c(=O)c3cc(OC)ccc32)cc1. The summed E-state index contributed by atoms with van der Waals surface area (Å²) in [6.07, 6.45) is 1.66. The topological polar surface area (TPSA) is 57.5 Å². The van der Waals surface area contributed by atoms with Crippen molar-refractivity contribution in [1.82, 2.24) is 4.57 Å². The van der Waals surface area contributed by atoms with E-state index in [0.717, 1.165) is 22.4 Å². The quantitative estimate of drug-likeness (QED) is 0.433. The van der Waals surface area contributed by atoms with Crippen LogP contribution in [0.4, 0.5) is 0 Å². The van der Waals surface area contributed by atoms with Gasteiger partial charge in [-0.1, -0.05) is 42.0 Å². The van der Waals surface area contributed by atoms with Crippen LogP contribution in [-0.4, -0.2) is 24.6 Å². The molecule has 5 nitrogen and oxygen atoms in total. The van der Waals surface area contributed by atoms with Crippen molar-refractivity contribution >= 4 is 16.7 Å². The van der Waals surface area contributed by atoms with Gasteiger partial charge in [-0.15, -0.1) is 0 Å². The Labute approximate surface area is 180 Å². The number of fused-ring (bicyclic) bond motifs is 1. The Morgan fingerprint density at radius 1 is 0.871 bits per heavy atom. The number of rotatable bonds is 6. The summed E-state index contributed by atoms with van der Waals surface area (Å²) in [5.41, 5.74) is 3.14. The molecule has 1 heterocycles. The molecule has 31 heavy (non-hydrogen) atoms. The minimum atomic E-state index is -0.301. The van der Waals surface area contributed by atoms with Crippen LogP contribution in [0.15, 0.2) is 77.7 Å². The zero-order valence-electron chi connectivity index (χ0n) is 17.7. The first-order valence-electron chi connectivity index (χ1n) is 9.95. The number of ketones is 1. The van der Waals surface area contributed by atoms with Crippen LogP contribution in [0.25, 0.3) is 10.9 Å². The van der Waals surface area contributed by atoms with Gasteiger partial charge in [0.2, 0.25) is 5.43 Å². The van der Waals surface area contributed by atoms with E-state index in [9.17, 15) is 9.59 Å². The third kappa shape index (κ3) is 4.08. The maximum atomic E-state index is 13.3. The van der Waals surface area contributed by atoms with Crippen LogP contribution in [0.3, 0.4) is 0 Å². The van der Waals surface area contributed by atoms with E-state index in [-0.39, 0.29) is 16.8 Å². The fourth-order valence-corrected chi connectivity index (χ4v) is 3.58. The number of aryl methyl sites for hydroxylation is 1. The van der Waals surface area contributed by atoms with Gasteiger partial charge in [-0.3, -0.25) is 9.59 Å². The number of hydrogen-bond acceptors (Lipinski definition) is 4. The Balaban J connectivity index is 1.87. The maximum absolute atomic E-state index is 13.3. The van der Waals surface area contributed by atoms with Gasteiger partial charge in [0.15, 0.2) is 5.78 Å². The summed E-state index contributed by atoms with van der Waals surface area (Å²) in [4.78, 5) is 26.5. The molecular weight excluding hydrogens is 390 g/mol. The second kappa shape index (κ2) is 8.48. The first-order chi connectivity index (χ1) is 15.0. The van der Waals surface area contributed by atoms with E-state index in [1.165, 1.54) is 0 Å². The lowest BCUT2D eigenvalue weighted by Gasteiger charge is -2.14. The fourth-order valence-electron chi connectivity index (χ4n) is 3.58. The highest BCUT2D eigenvalue weighted by Crippen LogP contribution is 2.22. The van der Waals surface area contributed by atoms with E-state index in [0.29, 0.717) is 23.2 Å². The third-order valence-corrected chi connectivity index (χ3v) is 5.36. The van der Waals surface area contributed by atoms with Gasteiger partial charge in [-0.25, -0.2) is 0 Å². The molecule has 0 fully saturated rings. The molecule has 0 atom stereocenters. The zero-order chi connectivity index (χ0) is 22.0. The zero-order valence-corrected chi connectivity index (χ0v) is 17.7. The summed E-state index contributed by atoms with van der Waals surface area (Å²) in [5, 5.41) is 0.450. The molecule has 4 aromatic rings. The van der Waals surface area contributed by atoms with Crippen molar-refractivity contribution in [1.29, 1.82) is 0 Å². The number of pyridine rings is 1. The molecule has 0 bridgehead atoms. The molecule has 156 valence electrons. The number of nitrogens with zero attached hydrogens (tertiary/aromatic N) is 1. The van der Waals surface area contributed by atoms with Crippen LogP contribution in [0.5, 0.6) is 11.5 Å². The van der Waals surface area contributed by atoms with E-state index in [1.807, 2.05) is 60.0 Å². The fraction of sp³-hybridized carbons (Fsp3) is 0.154. The van der Waals surface area contributed by atoms with E-state index >= 15 is 0 Å². The van der Waals surface area contributed by atoms with Crippen molar-refractivity contribution in [2.45, 2.75) is 13.5 Å². The number of carbonyl (C=O) groups excluding carboxylic acids is 1. The summed E-state index contributed by atoms with van der Waals surface area (Å²) in [6, 6.07) is 20.3. The first-order valence-corrected chi connectivity index (χ1v) is 9.95. The van der Waals surface area contributed by atoms with Crippen LogP contribution in [0.2, 0.25) is 0 Å². The second-order valence-electron chi connectivity index (χ2n) is 7.43. The van der Waals surface area contributed by atoms with Gasteiger partial charge >= 0.3 is 0 Å².